The molecule has 126 valence electrons. The third-order valence-corrected chi connectivity index (χ3v) is 4.57. The monoisotopic (exact) mass is 345 g/mol. The molecule has 1 fully saturated rings. The van der Waals surface area contributed by atoms with Gasteiger partial charge in [-0.1, -0.05) is 0 Å². The Labute approximate surface area is 144 Å². The molecule has 1 aliphatic heterocycles. The van der Waals surface area contributed by atoms with Gasteiger partial charge in [-0.25, -0.2) is 4.98 Å². The van der Waals surface area contributed by atoms with Crippen molar-refractivity contribution in [1.82, 2.24) is 10.3 Å². The van der Waals surface area contributed by atoms with Gasteiger partial charge < -0.3 is 15.4 Å². The zero-order valence-corrected chi connectivity index (χ0v) is 14.2. The van der Waals surface area contributed by atoms with Gasteiger partial charge in [0.25, 0.3) is 0 Å². The zero-order valence-electron chi connectivity index (χ0n) is 13.4. The number of nitrogens with zero attached hydrogens (tertiary/aromatic N) is 1. The lowest BCUT2D eigenvalue weighted by molar-refractivity contribution is -0.130. The molecule has 1 amide bonds. The first-order valence-corrected chi connectivity index (χ1v) is 8.71. The fourth-order valence-corrected chi connectivity index (χ4v) is 3.16. The van der Waals surface area contributed by atoms with Crippen molar-refractivity contribution in [2.24, 2.45) is 0 Å². The molecule has 0 radical (unpaired) electrons. The highest BCUT2D eigenvalue weighted by molar-refractivity contribution is 7.13. The highest BCUT2D eigenvalue weighted by Gasteiger charge is 2.23. The first kappa shape index (κ1) is 16.6. The molecule has 1 saturated heterocycles. The number of anilines is 2. The van der Waals surface area contributed by atoms with E-state index in [-0.39, 0.29) is 17.8 Å². The number of rotatable bonds is 6. The number of Topliss-reactive ketones (excluding diaryl/α,β-unsaturated/α-hetero) is 1. The Morgan fingerprint density at radius 2 is 2.12 bits per heavy atom. The minimum Gasteiger partial charge on any atom is -0.368 e. The number of aromatic nitrogens is 1. The van der Waals surface area contributed by atoms with Gasteiger partial charge in [0.2, 0.25) is 5.91 Å². The van der Waals surface area contributed by atoms with E-state index in [0.29, 0.717) is 18.7 Å². The van der Waals surface area contributed by atoms with Crippen molar-refractivity contribution >= 4 is 33.8 Å². The molecule has 1 unspecified atom stereocenters. The predicted molar refractivity (Wildman–Crippen MR) is 92.7 cm³/mol. The van der Waals surface area contributed by atoms with E-state index in [9.17, 15) is 9.59 Å². The molecule has 0 spiro atoms. The third-order valence-electron chi connectivity index (χ3n) is 3.76. The summed E-state index contributed by atoms with van der Waals surface area (Å²) >= 11 is 1.47. The molecule has 2 heterocycles. The van der Waals surface area contributed by atoms with E-state index in [0.717, 1.165) is 29.4 Å². The molecule has 0 bridgehead atoms. The minimum atomic E-state index is -0.318. The molecule has 1 aromatic heterocycles. The number of ether oxygens (including phenoxy) is 1. The first-order valence-electron chi connectivity index (χ1n) is 7.83. The molecule has 2 N–H and O–H groups in total. The third kappa shape index (κ3) is 4.18. The summed E-state index contributed by atoms with van der Waals surface area (Å²) in [6, 6.07) is 7.25. The number of carbonyl (C=O) groups is 2. The average molecular weight is 345 g/mol. The van der Waals surface area contributed by atoms with Crippen LogP contribution in [0.15, 0.2) is 29.6 Å². The summed E-state index contributed by atoms with van der Waals surface area (Å²) in [7, 11) is 0. The van der Waals surface area contributed by atoms with Gasteiger partial charge in [-0.05, 0) is 44.0 Å². The fourth-order valence-electron chi connectivity index (χ4n) is 2.43. The summed E-state index contributed by atoms with van der Waals surface area (Å²) in [5.41, 5.74) is 2.34. The minimum absolute atomic E-state index is 0.0417. The Balaban J connectivity index is 1.53. The quantitative estimate of drug-likeness (QED) is 0.787. The van der Waals surface area contributed by atoms with Gasteiger partial charge in [0.05, 0.1) is 12.2 Å². The van der Waals surface area contributed by atoms with Gasteiger partial charge in [-0.2, -0.15) is 0 Å². The van der Waals surface area contributed by atoms with E-state index in [1.54, 1.807) is 19.1 Å². The molecule has 3 rings (SSSR count). The summed E-state index contributed by atoms with van der Waals surface area (Å²) in [6.07, 6.45) is 1.40. The Bertz CT molecular complexity index is 721. The highest BCUT2D eigenvalue weighted by atomic mass is 32.1. The molecule has 0 saturated carbocycles. The lowest BCUT2D eigenvalue weighted by Crippen LogP contribution is -2.33. The molecule has 2 aromatic rings. The van der Waals surface area contributed by atoms with Crippen molar-refractivity contribution in [2.75, 3.05) is 11.9 Å². The topological polar surface area (TPSA) is 80.3 Å². The molecule has 1 aromatic carbocycles. The SMILES string of the molecule is CC(=O)c1ccc(Nc2nc(CNC(=O)C3CCCO3)cs2)cc1. The van der Waals surface area contributed by atoms with Gasteiger partial charge in [0.1, 0.15) is 6.10 Å². The van der Waals surface area contributed by atoms with Crippen molar-refractivity contribution in [3.63, 3.8) is 0 Å². The maximum Gasteiger partial charge on any atom is 0.249 e. The largest absolute Gasteiger partial charge is 0.368 e. The maximum atomic E-state index is 11.9. The van der Waals surface area contributed by atoms with Crippen LogP contribution in [-0.4, -0.2) is 29.4 Å². The lowest BCUT2D eigenvalue weighted by atomic mass is 10.1. The van der Waals surface area contributed by atoms with Gasteiger partial charge in [0.15, 0.2) is 10.9 Å². The first-order chi connectivity index (χ1) is 11.6. The van der Waals surface area contributed by atoms with Crippen LogP contribution in [0.4, 0.5) is 10.8 Å². The molecule has 1 aliphatic rings. The number of hydrogen-bond acceptors (Lipinski definition) is 6. The zero-order chi connectivity index (χ0) is 16.9. The van der Waals surface area contributed by atoms with Gasteiger partial charge in [-0.15, -0.1) is 11.3 Å². The second-order valence-corrected chi connectivity index (χ2v) is 6.48. The Kier molecular flexibility index (Phi) is 5.22. The van der Waals surface area contributed by atoms with E-state index < -0.39 is 0 Å². The van der Waals surface area contributed by atoms with Crippen LogP contribution in [0.2, 0.25) is 0 Å². The smallest absolute Gasteiger partial charge is 0.249 e. The number of ketones is 1. The second-order valence-electron chi connectivity index (χ2n) is 5.62. The predicted octanol–water partition coefficient (Wildman–Crippen LogP) is 2.88. The number of benzene rings is 1. The Morgan fingerprint density at radius 3 is 2.79 bits per heavy atom. The van der Waals surface area contributed by atoms with E-state index in [2.05, 4.69) is 15.6 Å². The van der Waals surface area contributed by atoms with Crippen LogP contribution in [0.25, 0.3) is 0 Å². The Morgan fingerprint density at radius 1 is 1.33 bits per heavy atom. The number of amides is 1. The van der Waals surface area contributed by atoms with Crippen molar-refractivity contribution in [1.29, 1.82) is 0 Å². The maximum absolute atomic E-state index is 11.9. The number of nitrogens with one attached hydrogen (secondary N) is 2. The van der Waals surface area contributed by atoms with Crippen LogP contribution in [0.1, 0.15) is 35.8 Å². The molecule has 7 heteroatoms. The number of hydrogen-bond donors (Lipinski definition) is 2. The molecule has 1 atom stereocenters. The molecular formula is C17H19N3O3S. The number of thiazole rings is 1. The van der Waals surface area contributed by atoms with Crippen LogP contribution in [0.3, 0.4) is 0 Å². The van der Waals surface area contributed by atoms with E-state index in [1.165, 1.54) is 11.3 Å². The van der Waals surface area contributed by atoms with E-state index in [4.69, 9.17) is 4.74 Å². The van der Waals surface area contributed by atoms with Crippen LogP contribution in [0.5, 0.6) is 0 Å². The second kappa shape index (κ2) is 7.55. The summed E-state index contributed by atoms with van der Waals surface area (Å²) < 4.78 is 5.35. The normalized spacial score (nSPS) is 16.8. The lowest BCUT2D eigenvalue weighted by Gasteiger charge is -2.08. The van der Waals surface area contributed by atoms with Crippen molar-refractivity contribution in [3.8, 4) is 0 Å². The van der Waals surface area contributed by atoms with Crippen molar-refractivity contribution in [3.05, 3.63) is 40.9 Å². The van der Waals surface area contributed by atoms with Crippen LogP contribution in [0, 0.1) is 0 Å². The van der Waals surface area contributed by atoms with Gasteiger partial charge in [-0.3, -0.25) is 9.59 Å². The average Bonchev–Trinajstić information content (AvgIpc) is 3.25. The van der Waals surface area contributed by atoms with Crippen LogP contribution in [-0.2, 0) is 16.1 Å². The standard InChI is InChI=1S/C17H19N3O3S/c1-11(21)12-4-6-13(7-5-12)19-17-20-14(10-24-17)9-18-16(22)15-3-2-8-23-15/h4-7,10,15H,2-3,8-9H2,1H3,(H,18,22)(H,19,20). The van der Waals surface area contributed by atoms with Gasteiger partial charge in [0, 0.05) is 23.2 Å². The van der Waals surface area contributed by atoms with E-state index >= 15 is 0 Å². The molecule has 24 heavy (non-hydrogen) atoms. The summed E-state index contributed by atoms with van der Waals surface area (Å²) in [6.45, 7) is 2.59. The van der Waals surface area contributed by atoms with Gasteiger partial charge >= 0.3 is 0 Å². The Hall–Kier alpha value is -2.25. The highest BCUT2D eigenvalue weighted by Crippen LogP contribution is 2.21. The summed E-state index contributed by atoms with van der Waals surface area (Å²) in [5.74, 6) is -0.0325. The van der Waals surface area contributed by atoms with E-state index in [1.807, 2.05) is 17.5 Å². The van der Waals surface area contributed by atoms with Crippen LogP contribution < -0.4 is 10.6 Å². The summed E-state index contributed by atoms with van der Waals surface area (Å²) in [5, 5.41) is 8.69. The molecule has 6 nitrogen and oxygen atoms in total. The number of carbonyl (C=O) groups excluding carboxylic acids is 2. The summed E-state index contributed by atoms with van der Waals surface area (Å²) in [4.78, 5) is 27.6. The fraction of sp³-hybridized carbons (Fsp3) is 0.353. The van der Waals surface area contributed by atoms with Crippen molar-refractivity contribution < 1.29 is 14.3 Å². The van der Waals surface area contributed by atoms with Crippen LogP contribution >= 0.6 is 11.3 Å². The molecule has 0 aliphatic carbocycles. The van der Waals surface area contributed by atoms with Crippen molar-refractivity contribution in [2.45, 2.75) is 32.4 Å². The molecular weight excluding hydrogens is 326 g/mol.